The summed E-state index contributed by atoms with van der Waals surface area (Å²) in [6.45, 7) is 1.60. The highest BCUT2D eigenvalue weighted by Crippen LogP contribution is 2.16. The second kappa shape index (κ2) is 6.06. The van der Waals surface area contributed by atoms with Crippen LogP contribution < -0.4 is 4.72 Å². The highest BCUT2D eigenvalue weighted by atomic mass is 32.2. The van der Waals surface area contributed by atoms with Crippen LogP contribution in [0.4, 0.5) is 0 Å². The van der Waals surface area contributed by atoms with E-state index >= 15 is 0 Å². The summed E-state index contributed by atoms with van der Waals surface area (Å²) in [6.07, 6.45) is 1.49. The van der Waals surface area contributed by atoms with Gasteiger partial charge in [-0.2, -0.15) is 0 Å². The van der Waals surface area contributed by atoms with Crippen LogP contribution in [0.2, 0.25) is 0 Å². The van der Waals surface area contributed by atoms with E-state index in [0.29, 0.717) is 5.76 Å². The molecule has 0 amide bonds. The fourth-order valence-electron chi connectivity index (χ4n) is 1.70. The molecule has 1 N–H and O–H groups in total. The Morgan fingerprint density at radius 1 is 1.38 bits per heavy atom. The van der Waals surface area contributed by atoms with E-state index in [4.69, 9.17) is 4.42 Å². The minimum atomic E-state index is -3.89. The first-order valence-electron chi connectivity index (χ1n) is 6.02. The minimum absolute atomic E-state index is 0.0314. The van der Waals surface area contributed by atoms with Crippen LogP contribution in [-0.2, 0) is 21.3 Å². The average Bonchev–Trinajstić information content (AvgIpc) is 2.90. The molecule has 1 aromatic heterocycles. The van der Waals surface area contributed by atoms with Gasteiger partial charge in [-0.1, -0.05) is 12.1 Å². The fraction of sp³-hybridized carbons (Fsp3) is 0.231. The zero-order chi connectivity index (χ0) is 15.5. The zero-order valence-electron chi connectivity index (χ0n) is 11.5. The molecule has 7 nitrogen and oxygen atoms in total. The highest BCUT2D eigenvalue weighted by molar-refractivity contribution is 7.89. The molecule has 0 fully saturated rings. The van der Waals surface area contributed by atoms with Crippen molar-refractivity contribution in [2.24, 2.45) is 0 Å². The quantitative estimate of drug-likeness (QED) is 0.834. The number of carbonyl (C=O) groups excluding carboxylic acids is 1. The van der Waals surface area contributed by atoms with Crippen molar-refractivity contribution in [1.29, 1.82) is 0 Å². The molecule has 1 heterocycles. The summed E-state index contributed by atoms with van der Waals surface area (Å²) in [5.74, 6) is 0.105. The first kappa shape index (κ1) is 15.2. The van der Waals surface area contributed by atoms with E-state index in [1.807, 2.05) is 0 Å². The molecule has 0 aliphatic heterocycles. The summed E-state index contributed by atoms with van der Waals surface area (Å²) in [5, 5.41) is 0. The van der Waals surface area contributed by atoms with Gasteiger partial charge >= 0.3 is 5.97 Å². The molecular formula is C13H14N2O5S. The van der Waals surface area contributed by atoms with E-state index in [1.54, 1.807) is 13.0 Å². The second-order valence-corrected chi connectivity index (χ2v) is 5.91. The lowest BCUT2D eigenvalue weighted by Crippen LogP contribution is -2.25. The van der Waals surface area contributed by atoms with Crippen LogP contribution >= 0.6 is 0 Å². The number of sulfonamides is 1. The number of hydrogen-bond donors (Lipinski definition) is 1. The Morgan fingerprint density at radius 3 is 2.71 bits per heavy atom. The summed E-state index contributed by atoms with van der Waals surface area (Å²) >= 11 is 0. The number of aromatic nitrogens is 1. The molecule has 21 heavy (non-hydrogen) atoms. The lowest BCUT2D eigenvalue weighted by Gasteiger charge is -2.09. The van der Waals surface area contributed by atoms with Crippen LogP contribution in [0.3, 0.4) is 0 Å². The summed E-state index contributed by atoms with van der Waals surface area (Å²) in [7, 11) is -2.70. The molecule has 0 saturated heterocycles. The summed E-state index contributed by atoms with van der Waals surface area (Å²) in [4.78, 5) is 15.4. The van der Waals surface area contributed by atoms with Crippen LogP contribution in [0, 0.1) is 6.92 Å². The van der Waals surface area contributed by atoms with Crippen molar-refractivity contribution in [1.82, 2.24) is 9.71 Å². The van der Waals surface area contributed by atoms with Gasteiger partial charge in [0.1, 0.15) is 5.76 Å². The van der Waals surface area contributed by atoms with E-state index < -0.39 is 16.0 Å². The maximum atomic E-state index is 12.3. The Labute approximate surface area is 122 Å². The van der Waals surface area contributed by atoms with Gasteiger partial charge in [-0.15, -0.1) is 0 Å². The number of hydrogen-bond acceptors (Lipinski definition) is 6. The van der Waals surface area contributed by atoms with Gasteiger partial charge in [0.15, 0.2) is 0 Å². The smallest absolute Gasteiger partial charge is 0.339 e. The molecule has 8 heteroatoms. The summed E-state index contributed by atoms with van der Waals surface area (Å²) in [6, 6.07) is 5.80. The molecule has 0 aliphatic carbocycles. The number of esters is 1. The Kier molecular flexibility index (Phi) is 4.39. The predicted octanol–water partition coefficient (Wildman–Crippen LogP) is 1.25. The highest BCUT2D eigenvalue weighted by Gasteiger charge is 2.22. The topological polar surface area (TPSA) is 98.5 Å². The Bertz CT molecular complexity index is 751. The number of aryl methyl sites for hydroxylation is 1. The lowest BCUT2D eigenvalue weighted by molar-refractivity contribution is 0.0596. The molecule has 2 rings (SSSR count). The third kappa shape index (κ3) is 3.47. The van der Waals surface area contributed by atoms with Gasteiger partial charge in [0, 0.05) is 0 Å². The van der Waals surface area contributed by atoms with E-state index in [0.717, 1.165) is 0 Å². The van der Waals surface area contributed by atoms with Crippen molar-refractivity contribution in [3.63, 3.8) is 0 Å². The maximum absolute atomic E-state index is 12.3. The van der Waals surface area contributed by atoms with E-state index in [1.165, 1.54) is 31.5 Å². The maximum Gasteiger partial charge on any atom is 0.339 e. The average molecular weight is 310 g/mol. The second-order valence-electron chi connectivity index (χ2n) is 4.18. The number of carbonyl (C=O) groups is 1. The number of oxazole rings is 1. The molecule has 112 valence electrons. The standard InChI is InChI=1S/C13H14N2O5S/c1-9-7-14-12(20-9)8-15-21(17,18)11-6-4-3-5-10(11)13(16)19-2/h3-7,15H,8H2,1-2H3. The molecule has 0 aliphatic rings. The summed E-state index contributed by atoms with van der Waals surface area (Å²) in [5.41, 5.74) is -0.0314. The van der Waals surface area contributed by atoms with Crippen molar-refractivity contribution < 1.29 is 22.4 Å². The number of nitrogens with one attached hydrogen (secondary N) is 1. The Hall–Kier alpha value is -2.19. The van der Waals surface area contributed by atoms with Crippen LogP contribution in [0.1, 0.15) is 22.0 Å². The van der Waals surface area contributed by atoms with Crippen molar-refractivity contribution in [3.05, 3.63) is 47.7 Å². The van der Waals surface area contributed by atoms with E-state index in [-0.39, 0.29) is 22.9 Å². The van der Waals surface area contributed by atoms with Crippen LogP contribution in [0.5, 0.6) is 0 Å². The number of methoxy groups -OCH3 is 1. The number of nitrogens with zero attached hydrogens (tertiary/aromatic N) is 1. The number of ether oxygens (including phenoxy) is 1. The van der Waals surface area contributed by atoms with Crippen LogP contribution in [0.15, 0.2) is 39.8 Å². The molecule has 2 aromatic rings. The minimum Gasteiger partial charge on any atom is -0.465 e. The molecule has 1 aromatic carbocycles. The van der Waals surface area contributed by atoms with Crippen molar-refractivity contribution in [3.8, 4) is 0 Å². The zero-order valence-corrected chi connectivity index (χ0v) is 12.3. The number of rotatable bonds is 5. The van der Waals surface area contributed by atoms with Crippen molar-refractivity contribution in [2.45, 2.75) is 18.4 Å². The molecule has 0 saturated carbocycles. The van der Waals surface area contributed by atoms with Gasteiger partial charge in [0.05, 0.1) is 30.3 Å². The third-order valence-corrected chi connectivity index (χ3v) is 4.12. The number of benzene rings is 1. The van der Waals surface area contributed by atoms with E-state index in [2.05, 4.69) is 14.4 Å². The van der Waals surface area contributed by atoms with E-state index in [9.17, 15) is 13.2 Å². The first-order chi connectivity index (χ1) is 9.94. The van der Waals surface area contributed by atoms with Gasteiger partial charge in [-0.3, -0.25) is 0 Å². The third-order valence-electron chi connectivity index (χ3n) is 2.66. The van der Waals surface area contributed by atoms with Gasteiger partial charge < -0.3 is 9.15 Å². The predicted molar refractivity (Wildman–Crippen MR) is 73.0 cm³/mol. The molecule has 0 radical (unpaired) electrons. The normalized spacial score (nSPS) is 11.3. The van der Waals surface area contributed by atoms with Crippen molar-refractivity contribution >= 4 is 16.0 Å². The molecule has 0 spiro atoms. The van der Waals surface area contributed by atoms with Gasteiger partial charge in [-0.05, 0) is 19.1 Å². The van der Waals surface area contributed by atoms with Gasteiger partial charge in [0.2, 0.25) is 15.9 Å². The Balaban J connectivity index is 2.25. The lowest BCUT2D eigenvalue weighted by atomic mass is 10.2. The molecule has 0 unspecified atom stereocenters. The van der Waals surface area contributed by atoms with Crippen molar-refractivity contribution in [2.75, 3.05) is 7.11 Å². The monoisotopic (exact) mass is 310 g/mol. The fourth-order valence-corrected chi connectivity index (χ4v) is 2.86. The van der Waals surface area contributed by atoms with Crippen LogP contribution in [-0.4, -0.2) is 26.5 Å². The molecular weight excluding hydrogens is 296 g/mol. The molecule has 0 bridgehead atoms. The van der Waals surface area contributed by atoms with Gasteiger partial charge in [0.25, 0.3) is 0 Å². The van der Waals surface area contributed by atoms with Crippen LogP contribution in [0.25, 0.3) is 0 Å². The SMILES string of the molecule is COC(=O)c1ccccc1S(=O)(=O)NCc1ncc(C)o1. The Morgan fingerprint density at radius 2 is 2.10 bits per heavy atom. The first-order valence-corrected chi connectivity index (χ1v) is 7.50. The molecule has 0 atom stereocenters. The van der Waals surface area contributed by atoms with Gasteiger partial charge in [-0.25, -0.2) is 22.9 Å². The largest absolute Gasteiger partial charge is 0.465 e. The summed E-state index contributed by atoms with van der Waals surface area (Å²) < 4.78 is 36.6.